The van der Waals surface area contributed by atoms with E-state index >= 15 is 0 Å². The topological polar surface area (TPSA) is 108 Å². The first-order valence-corrected chi connectivity index (χ1v) is 8.68. The molecule has 1 atom stereocenters. The van der Waals surface area contributed by atoms with Crippen LogP contribution < -0.4 is 10.1 Å². The highest BCUT2D eigenvalue weighted by Crippen LogP contribution is 2.24. The van der Waals surface area contributed by atoms with Crippen LogP contribution >= 0.6 is 11.6 Å². The van der Waals surface area contributed by atoms with Crippen molar-refractivity contribution in [3.63, 3.8) is 0 Å². The molecule has 0 unspecified atom stereocenters. The fourth-order valence-electron chi connectivity index (χ4n) is 2.17. The Morgan fingerprint density at radius 2 is 1.75 bits per heavy atom. The number of nitro groups is 1. The summed E-state index contributed by atoms with van der Waals surface area (Å²) in [6, 6.07) is 12.1. The Labute approximate surface area is 166 Å². The van der Waals surface area contributed by atoms with Crippen molar-refractivity contribution in [3.8, 4) is 5.75 Å². The highest BCUT2D eigenvalue weighted by Gasteiger charge is 2.34. The number of hydrogen-bond donors (Lipinski definition) is 1. The van der Waals surface area contributed by atoms with Crippen LogP contribution in [0.3, 0.4) is 0 Å². The molecule has 0 aliphatic carbocycles. The van der Waals surface area contributed by atoms with Crippen molar-refractivity contribution in [2.24, 2.45) is 0 Å². The minimum Gasteiger partial charge on any atom is -0.476 e. The number of rotatable bonds is 7. The van der Waals surface area contributed by atoms with Crippen LogP contribution in [-0.4, -0.2) is 28.5 Å². The first-order valence-electron chi connectivity index (χ1n) is 8.30. The van der Waals surface area contributed by atoms with Crippen molar-refractivity contribution in [2.75, 3.05) is 5.32 Å². The summed E-state index contributed by atoms with van der Waals surface area (Å²) in [7, 11) is 0. The molecule has 0 saturated heterocycles. The van der Waals surface area contributed by atoms with E-state index in [9.17, 15) is 19.7 Å². The molecular weight excluding hydrogens is 388 g/mol. The monoisotopic (exact) mass is 406 g/mol. The van der Waals surface area contributed by atoms with Crippen LogP contribution in [0.4, 0.5) is 11.4 Å². The normalized spacial score (nSPS) is 12.0. The number of esters is 1. The zero-order chi connectivity index (χ0) is 20.9. The van der Waals surface area contributed by atoms with E-state index in [1.54, 1.807) is 30.3 Å². The number of ether oxygens (including phenoxy) is 2. The largest absolute Gasteiger partial charge is 0.476 e. The first-order chi connectivity index (χ1) is 13.1. The lowest BCUT2D eigenvalue weighted by molar-refractivity contribution is -0.383. The van der Waals surface area contributed by atoms with Gasteiger partial charge in [0.2, 0.25) is 0 Å². The molecule has 2 rings (SSSR count). The van der Waals surface area contributed by atoms with Crippen LogP contribution in [0.15, 0.2) is 48.5 Å². The molecule has 1 N–H and O–H groups in total. The average Bonchev–Trinajstić information content (AvgIpc) is 2.63. The summed E-state index contributed by atoms with van der Waals surface area (Å²) in [5.41, 5.74) is -1.63. The summed E-state index contributed by atoms with van der Waals surface area (Å²) >= 11 is 5.81. The number of para-hydroxylation sites is 2. The average molecular weight is 407 g/mol. The third-order valence-corrected chi connectivity index (χ3v) is 3.94. The summed E-state index contributed by atoms with van der Waals surface area (Å²) < 4.78 is 10.8. The van der Waals surface area contributed by atoms with Gasteiger partial charge in [0, 0.05) is 11.1 Å². The number of carbonyl (C=O) groups excluding carboxylic acids is 2. The molecule has 0 bridgehead atoms. The van der Waals surface area contributed by atoms with E-state index < -0.39 is 28.5 Å². The van der Waals surface area contributed by atoms with E-state index in [2.05, 4.69) is 5.32 Å². The van der Waals surface area contributed by atoms with Crippen molar-refractivity contribution in [1.29, 1.82) is 0 Å². The number of anilines is 1. The van der Waals surface area contributed by atoms with E-state index in [4.69, 9.17) is 21.1 Å². The summed E-state index contributed by atoms with van der Waals surface area (Å²) in [5, 5.41) is 13.9. The Balaban J connectivity index is 2.01. The van der Waals surface area contributed by atoms with Crippen molar-refractivity contribution < 1.29 is 24.0 Å². The van der Waals surface area contributed by atoms with Crippen molar-refractivity contribution >= 4 is 34.9 Å². The minimum atomic E-state index is -1.37. The van der Waals surface area contributed by atoms with Crippen molar-refractivity contribution in [2.45, 2.75) is 32.5 Å². The quantitative estimate of drug-likeness (QED) is 0.423. The second-order valence-electron chi connectivity index (χ2n) is 6.38. The number of benzene rings is 2. The van der Waals surface area contributed by atoms with Crippen LogP contribution in [-0.2, 0) is 14.3 Å². The lowest BCUT2D eigenvalue weighted by atomic mass is 10.1. The van der Waals surface area contributed by atoms with Gasteiger partial charge in [-0.1, -0.05) is 23.7 Å². The maximum atomic E-state index is 12.4. The number of nitro benzene ring substituents is 1. The van der Waals surface area contributed by atoms with Gasteiger partial charge in [-0.15, -0.1) is 0 Å². The lowest BCUT2D eigenvalue weighted by Crippen LogP contribution is -2.43. The van der Waals surface area contributed by atoms with E-state index in [0.29, 0.717) is 10.8 Å². The third-order valence-electron chi connectivity index (χ3n) is 3.69. The maximum absolute atomic E-state index is 12.4. The van der Waals surface area contributed by atoms with Gasteiger partial charge in [0.25, 0.3) is 11.6 Å². The minimum absolute atomic E-state index is 0.0112. The Hall–Kier alpha value is -3.13. The second kappa shape index (κ2) is 8.71. The zero-order valence-corrected chi connectivity index (χ0v) is 16.2. The summed E-state index contributed by atoms with van der Waals surface area (Å²) in [5.74, 6) is -1.07. The number of amides is 1. The van der Waals surface area contributed by atoms with E-state index in [1.165, 1.54) is 39.0 Å². The van der Waals surface area contributed by atoms with Crippen molar-refractivity contribution in [3.05, 3.63) is 63.7 Å². The maximum Gasteiger partial charge on any atom is 0.350 e. The lowest BCUT2D eigenvalue weighted by Gasteiger charge is -2.26. The molecule has 0 spiro atoms. The third kappa shape index (κ3) is 5.43. The van der Waals surface area contributed by atoms with E-state index in [-0.39, 0.29) is 11.4 Å². The number of halogens is 1. The second-order valence-corrected chi connectivity index (χ2v) is 6.81. The smallest absolute Gasteiger partial charge is 0.350 e. The van der Waals surface area contributed by atoms with Crippen LogP contribution in [0.2, 0.25) is 5.02 Å². The summed E-state index contributed by atoms with van der Waals surface area (Å²) in [6.45, 7) is 4.35. The molecule has 0 aromatic heterocycles. The summed E-state index contributed by atoms with van der Waals surface area (Å²) in [4.78, 5) is 35.1. The molecule has 2 aromatic carbocycles. The number of hydrogen-bond acceptors (Lipinski definition) is 6. The van der Waals surface area contributed by atoms with Gasteiger partial charge in [0.1, 0.15) is 11.4 Å². The van der Waals surface area contributed by atoms with Gasteiger partial charge in [-0.05, 0) is 51.1 Å². The Morgan fingerprint density at radius 3 is 2.36 bits per heavy atom. The predicted molar refractivity (Wildman–Crippen MR) is 103 cm³/mol. The molecule has 8 nitrogen and oxygen atoms in total. The van der Waals surface area contributed by atoms with Crippen LogP contribution in [0, 0.1) is 10.1 Å². The molecule has 0 radical (unpaired) electrons. The SMILES string of the molecule is C[C@H](OC(=O)C(C)(C)Oc1ccc(Cl)cc1)C(=O)Nc1ccccc1[N+](=O)[O-]. The van der Waals surface area contributed by atoms with E-state index in [1.807, 2.05) is 0 Å². The van der Waals surface area contributed by atoms with Gasteiger partial charge < -0.3 is 14.8 Å². The van der Waals surface area contributed by atoms with Gasteiger partial charge >= 0.3 is 5.97 Å². The van der Waals surface area contributed by atoms with Crippen molar-refractivity contribution in [1.82, 2.24) is 0 Å². The number of nitrogens with zero attached hydrogens (tertiary/aromatic N) is 1. The number of carbonyl (C=O) groups is 2. The molecule has 148 valence electrons. The molecule has 28 heavy (non-hydrogen) atoms. The molecule has 0 aliphatic rings. The Bertz CT molecular complexity index is 882. The van der Waals surface area contributed by atoms with Crippen LogP contribution in [0.25, 0.3) is 0 Å². The molecule has 0 heterocycles. The molecule has 9 heteroatoms. The molecule has 2 aromatic rings. The fourth-order valence-corrected chi connectivity index (χ4v) is 2.29. The van der Waals surface area contributed by atoms with Gasteiger partial charge in [-0.3, -0.25) is 14.9 Å². The summed E-state index contributed by atoms with van der Waals surface area (Å²) in [6.07, 6.45) is -1.19. The first kappa shape index (κ1) is 21.2. The predicted octanol–water partition coefficient (Wildman–Crippen LogP) is 3.98. The highest BCUT2D eigenvalue weighted by atomic mass is 35.5. The Morgan fingerprint density at radius 1 is 1.14 bits per heavy atom. The number of nitrogens with one attached hydrogen (secondary N) is 1. The molecular formula is C19H19ClN2O6. The molecule has 0 saturated carbocycles. The molecule has 1 amide bonds. The molecule has 0 aliphatic heterocycles. The van der Waals surface area contributed by atoms with Gasteiger partial charge in [-0.25, -0.2) is 4.79 Å². The fraction of sp³-hybridized carbons (Fsp3) is 0.263. The molecule has 0 fully saturated rings. The van der Waals surface area contributed by atoms with Crippen LogP contribution in [0.1, 0.15) is 20.8 Å². The van der Waals surface area contributed by atoms with Crippen LogP contribution in [0.5, 0.6) is 5.75 Å². The van der Waals surface area contributed by atoms with E-state index in [0.717, 1.165) is 0 Å². The Kier molecular flexibility index (Phi) is 6.58. The standard InChI is InChI=1S/C19H19ClN2O6/c1-12(17(23)21-15-6-4-5-7-16(15)22(25)26)27-18(24)19(2,3)28-14-10-8-13(20)9-11-14/h4-12H,1-3H3,(H,21,23)/t12-/m0/s1. The highest BCUT2D eigenvalue weighted by molar-refractivity contribution is 6.30. The zero-order valence-electron chi connectivity index (χ0n) is 15.5. The van der Waals surface area contributed by atoms with Gasteiger partial charge in [0.05, 0.1) is 4.92 Å². The van der Waals surface area contributed by atoms with Gasteiger partial charge in [0.15, 0.2) is 11.7 Å². The van der Waals surface area contributed by atoms with Gasteiger partial charge in [-0.2, -0.15) is 0 Å².